The van der Waals surface area contributed by atoms with Crippen LogP contribution in [0.5, 0.6) is 11.5 Å². The summed E-state index contributed by atoms with van der Waals surface area (Å²) in [5, 5.41) is 6.42. The molecule has 0 radical (unpaired) electrons. The molecule has 2 N–H and O–H groups in total. The van der Waals surface area contributed by atoms with Gasteiger partial charge < -0.3 is 29.7 Å². The number of aromatic nitrogens is 2. The molecule has 0 aliphatic carbocycles. The summed E-state index contributed by atoms with van der Waals surface area (Å²) in [5.41, 5.74) is 1.57. The molecule has 2 atom stereocenters. The Balaban J connectivity index is 1.19. The summed E-state index contributed by atoms with van der Waals surface area (Å²) >= 11 is 0. The van der Waals surface area contributed by atoms with Gasteiger partial charge in [0.1, 0.15) is 0 Å². The van der Waals surface area contributed by atoms with E-state index in [0.717, 1.165) is 55.1 Å². The van der Waals surface area contributed by atoms with Gasteiger partial charge in [-0.25, -0.2) is 9.97 Å². The topological polar surface area (TPSA) is 121 Å². The maximum atomic E-state index is 13.5. The number of likely N-dealkylation sites (tertiary alicyclic amines) is 1. The van der Waals surface area contributed by atoms with Gasteiger partial charge in [-0.1, -0.05) is 19.1 Å². The normalized spacial score (nSPS) is 24.8. The highest BCUT2D eigenvalue weighted by molar-refractivity contribution is 5.80. The molecule has 2 amide bonds. The fraction of sp³-hybridized carbons (Fsp3) is 0.613. The molecule has 1 aromatic heterocycles. The molecule has 2 saturated heterocycles. The third-order valence-electron chi connectivity index (χ3n) is 8.88. The lowest BCUT2D eigenvalue weighted by Crippen LogP contribution is -2.50. The molecule has 1 aromatic carbocycles. The second-order valence-electron chi connectivity index (χ2n) is 12.1. The number of rotatable bonds is 7. The number of para-hydroxylation sites is 1. The molecule has 6 heterocycles. The second-order valence-corrected chi connectivity index (χ2v) is 12.1. The van der Waals surface area contributed by atoms with E-state index in [1.54, 1.807) is 0 Å². The van der Waals surface area contributed by atoms with Crippen molar-refractivity contribution in [2.75, 3.05) is 90.6 Å². The highest BCUT2D eigenvalue weighted by Crippen LogP contribution is 2.52. The van der Waals surface area contributed by atoms with Crippen LogP contribution in [0, 0.1) is 5.41 Å². The Morgan fingerprint density at radius 2 is 1.95 bits per heavy atom. The fourth-order valence-electron chi connectivity index (χ4n) is 6.55. The Hall–Kier alpha value is -3.48. The zero-order chi connectivity index (χ0) is 29.6. The molecule has 0 saturated carbocycles. The highest BCUT2D eigenvalue weighted by atomic mass is 16.5. The van der Waals surface area contributed by atoms with Crippen LogP contribution in [-0.2, 0) is 20.9 Å². The SMILES string of the molecule is CCCNc1ncc(CN2CCCOc3cccc4c3OC[C@@]3(CNC(=O)C2)CN(C(=O)CN2CCOCC2)C[C@@H]43)cn1. The predicted molar refractivity (Wildman–Crippen MR) is 160 cm³/mol. The van der Waals surface area contributed by atoms with E-state index < -0.39 is 5.41 Å². The standard InChI is InChI=1S/C31H43N7O5/c1-2-7-32-30-33-14-23(15-34-30)16-37-8-4-11-42-26-6-3-5-24-25-17-38(28(40)19-36-9-12-41-13-10-36)21-31(25,22-43-29(24)26)20-35-27(39)18-37/h3,5-6,14-15,25H,2,4,7-13,16-22H2,1H3,(H,35,39)(H,32,33,34)/t25-,31+/m0/s1. The number of anilines is 1. The quantitative estimate of drug-likeness (QED) is 0.487. The largest absolute Gasteiger partial charge is 0.490 e. The van der Waals surface area contributed by atoms with Crippen molar-refractivity contribution in [2.45, 2.75) is 32.2 Å². The first-order valence-corrected chi connectivity index (χ1v) is 15.5. The number of nitrogens with zero attached hydrogens (tertiary/aromatic N) is 5. The molecule has 5 aliphatic rings. The molecule has 2 fully saturated rings. The molecule has 12 nitrogen and oxygen atoms in total. The van der Waals surface area contributed by atoms with E-state index in [-0.39, 0.29) is 24.3 Å². The number of hydrogen-bond donors (Lipinski definition) is 2. The van der Waals surface area contributed by atoms with Crippen molar-refractivity contribution in [2.24, 2.45) is 5.41 Å². The molecule has 12 heteroatoms. The number of morpholine rings is 1. The number of carbonyl (C=O) groups is 2. The Kier molecular flexibility index (Phi) is 9.25. The van der Waals surface area contributed by atoms with Gasteiger partial charge in [0.2, 0.25) is 17.8 Å². The molecule has 7 rings (SSSR count). The Labute approximate surface area is 253 Å². The molecule has 1 spiro atoms. The molecule has 5 aliphatic heterocycles. The van der Waals surface area contributed by atoms with E-state index in [1.807, 2.05) is 29.4 Å². The number of fused-ring (bicyclic) bond motifs is 9. The lowest BCUT2D eigenvalue weighted by Gasteiger charge is -2.40. The lowest BCUT2D eigenvalue weighted by molar-refractivity contribution is -0.132. The first kappa shape index (κ1) is 29.6. The smallest absolute Gasteiger partial charge is 0.236 e. The summed E-state index contributed by atoms with van der Waals surface area (Å²) in [6.07, 6.45) is 5.38. The number of amides is 2. The van der Waals surface area contributed by atoms with Crippen molar-refractivity contribution >= 4 is 17.8 Å². The van der Waals surface area contributed by atoms with Crippen molar-refractivity contribution in [3.05, 3.63) is 41.7 Å². The van der Waals surface area contributed by atoms with Crippen LogP contribution in [-0.4, -0.2) is 122 Å². The summed E-state index contributed by atoms with van der Waals surface area (Å²) in [6.45, 7) is 10.1. The third-order valence-corrected chi connectivity index (χ3v) is 8.88. The number of nitrogens with one attached hydrogen (secondary N) is 2. The van der Waals surface area contributed by atoms with Crippen LogP contribution in [0.2, 0.25) is 0 Å². The maximum Gasteiger partial charge on any atom is 0.236 e. The van der Waals surface area contributed by atoms with Crippen molar-refractivity contribution in [3.63, 3.8) is 0 Å². The summed E-state index contributed by atoms with van der Waals surface area (Å²) in [6, 6.07) is 6.04. The van der Waals surface area contributed by atoms with Crippen molar-refractivity contribution < 1.29 is 23.8 Å². The number of ether oxygens (including phenoxy) is 3. The second kappa shape index (κ2) is 13.4. The Bertz CT molecular complexity index is 1270. The summed E-state index contributed by atoms with van der Waals surface area (Å²) in [7, 11) is 0. The van der Waals surface area contributed by atoms with Crippen LogP contribution >= 0.6 is 0 Å². The zero-order valence-corrected chi connectivity index (χ0v) is 25.1. The Morgan fingerprint density at radius 3 is 2.77 bits per heavy atom. The van der Waals surface area contributed by atoms with E-state index in [2.05, 4.69) is 43.4 Å². The van der Waals surface area contributed by atoms with Crippen LogP contribution in [0.4, 0.5) is 5.95 Å². The van der Waals surface area contributed by atoms with Crippen molar-refractivity contribution in [1.82, 2.24) is 30.0 Å². The summed E-state index contributed by atoms with van der Waals surface area (Å²) in [4.78, 5) is 42.0. The molecule has 4 bridgehead atoms. The van der Waals surface area contributed by atoms with Gasteiger partial charge in [-0.15, -0.1) is 0 Å². The monoisotopic (exact) mass is 593 g/mol. The number of benzene rings is 1. The third kappa shape index (κ3) is 6.86. The Morgan fingerprint density at radius 1 is 1.12 bits per heavy atom. The highest BCUT2D eigenvalue weighted by Gasteiger charge is 2.53. The molecule has 232 valence electrons. The van der Waals surface area contributed by atoms with Gasteiger partial charge >= 0.3 is 0 Å². The minimum atomic E-state index is -0.425. The van der Waals surface area contributed by atoms with Crippen molar-refractivity contribution in [1.29, 1.82) is 0 Å². The molecular formula is C31H43N7O5. The molecule has 2 aromatic rings. The van der Waals surface area contributed by atoms with Gasteiger partial charge in [0.25, 0.3) is 0 Å². The molecule has 43 heavy (non-hydrogen) atoms. The maximum absolute atomic E-state index is 13.5. The van der Waals surface area contributed by atoms with Crippen LogP contribution < -0.4 is 20.1 Å². The zero-order valence-electron chi connectivity index (χ0n) is 25.1. The van der Waals surface area contributed by atoms with Gasteiger partial charge in [0.15, 0.2) is 11.5 Å². The van der Waals surface area contributed by atoms with Crippen LogP contribution in [0.3, 0.4) is 0 Å². The van der Waals surface area contributed by atoms with Gasteiger partial charge in [-0.3, -0.25) is 19.4 Å². The number of carbonyl (C=O) groups excluding carboxylic acids is 2. The van der Waals surface area contributed by atoms with Crippen LogP contribution in [0.15, 0.2) is 30.6 Å². The van der Waals surface area contributed by atoms with Crippen LogP contribution in [0.25, 0.3) is 0 Å². The summed E-state index contributed by atoms with van der Waals surface area (Å²) < 4.78 is 18.1. The average Bonchev–Trinajstić information content (AvgIpc) is 3.43. The van der Waals surface area contributed by atoms with Crippen molar-refractivity contribution in [3.8, 4) is 11.5 Å². The lowest BCUT2D eigenvalue weighted by atomic mass is 9.73. The average molecular weight is 594 g/mol. The minimum Gasteiger partial charge on any atom is -0.490 e. The van der Waals surface area contributed by atoms with Crippen LogP contribution in [0.1, 0.15) is 36.8 Å². The summed E-state index contributed by atoms with van der Waals surface area (Å²) in [5.74, 6) is 2.20. The first-order valence-electron chi connectivity index (χ1n) is 15.5. The predicted octanol–water partition coefficient (Wildman–Crippen LogP) is 1.34. The molecule has 0 unspecified atom stereocenters. The van der Waals surface area contributed by atoms with E-state index >= 15 is 0 Å². The minimum absolute atomic E-state index is 0.0322. The fourth-order valence-corrected chi connectivity index (χ4v) is 6.55. The van der Waals surface area contributed by atoms with Gasteiger partial charge in [-0.05, 0) is 18.9 Å². The first-order chi connectivity index (χ1) is 21.0. The van der Waals surface area contributed by atoms with E-state index in [1.165, 1.54) is 0 Å². The molecular weight excluding hydrogens is 550 g/mol. The van der Waals surface area contributed by atoms with Gasteiger partial charge in [0.05, 0.1) is 39.5 Å². The number of hydrogen-bond acceptors (Lipinski definition) is 10. The van der Waals surface area contributed by atoms with E-state index in [0.29, 0.717) is 71.6 Å². The van der Waals surface area contributed by atoms with Gasteiger partial charge in [0, 0.05) is 87.2 Å². The van der Waals surface area contributed by atoms with E-state index in [4.69, 9.17) is 14.2 Å². The van der Waals surface area contributed by atoms with Gasteiger partial charge in [-0.2, -0.15) is 0 Å². The van der Waals surface area contributed by atoms with E-state index in [9.17, 15) is 9.59 Å².